The number of likely N-dealkylation sites (tertiary alicyclic amines) is 1. The zero-order chi connectivity index (χ0) is 18.0. The van der Waals surface area contributed by atoms with Gasteiger partial charge < -0.3 is 10.2 Å². The SMILES string of the molecule is CC(C)c1nn(C)cc1NC(=O)N1CCC[C@](C)(c2ccccc2)C1. The first-order valence-corrected chi connectivity index (χ1v) is 9.04. The predicted octanol–water partition coefficient (Wildman–Crippen LogP) is 4.13. The second-order valence-electron chi connectivity index (χ2n) is 7.64. The number of hydrogen-bond donors (Lipinski definition) is 1. The van der Waals surface area contributed by atoms with Gasteiger partial charge in [-0.1, -0.05) is 51.1 Å². The molecule has 1 aromatic carbocycles. The molecule has 1 atom stereocenters. The molecule has 2 aromatic rings. The van der Waals surface area contributed by atoms with Crippen LogP contribution in [0.2, 0.25) is 0 Å². The zero-order valence-electron chi connectivity index (χ0n) is 15.6. The minimum absolute atomic E-state index is 0.00661. The molecule has 1 aliphatic heterocycles. The van der Waals surface area contributed by atoms with E-state index in [0.717, 1.165) is 37.3 Å². The minimum Gasteiger partial charge on any atom is -0.324 e. The Labute approximate surface area is 150 Å². The standard InChI is InChI=1S/C20H28N4O/c1-15(2)18-17(13-23(4)22-18)21-19(25)24-12-8-11-20(3,14-24)16-9-6-5-7-10-16/h5-7,9-10,13,15H,8,11-12,14H2,1-4H3,(H,21,25)/t20-/m0/s1. The summed E-state index contributed by atoms with van der Waals surface area (Å²) >= 11 is 0. The van der Waals surface area contributed by atoms with Gasteiger partial charge in [0.05, 0.1) is 11.4 Å². The van der Waals surface area contributed by atoms with Crippen LogP contribution in [0.4, 0.5) is 10.5 Å². The van der Waals surface area contributed by atoms with Crippen molar-refractivity contribution in [1.82, 2.24) is 14.7 Å². The minimum atomic E-state index is -0.0308. The Bertz CT molecular complexity index is 737. The summed E-state index contributed by atoms with van der Waals surface area (Å²) in [5.74, 6) is 0.271. The second kappa shape index (κ2) is 6.90. The molecule has 0 aliphatic carbocycles. The lowest BCUT2D eigenvalue weighted by molar-refractivity contribution is 0.167. The fourth-order valence-electron chi connectivity index (χ4n) is 3.71. The molecule has 0 saturated carbocycles. The third-order valence-corrected chi connectivity index (χ3v) is 5.10. The third-order valence-electron chi connectivity index (χ3n) is 5.10. The van der Waals surface area contributed by atoms with Crippen molar-refractivity contribution in [3.63, 3.8) is 0 Å². The number of benzene rings is 1. The van der Waals surface area contributed by atoms with Crippen LogP contribution >= 0.6 is 0 Å². The van der Waals surface area contributed by atoms with Crippen LogP contribution in [0.5, 0.6) is 0 Å². The maximum atomic E-state index is 12.8. The van der Waals surface area contributed by atoms with Crippen molar-refractivity contribution in [2.45, 2.75) is 44.9 Å². The van der Waals surface area contributed by atoms with Gasteiger partial charge in [-0.05, 0) is 24.3 Å². The van der Waals surface area contributed by atoms with Crippen molar-refractivity contribution in [1.29, 1.82) is 0 Å². The molecule has 25 heavy (non-hydrogen) atoms. The number of carbonyl (C=O) groups excluding carboxylic acids is 1. The van der Waals surface area contributed by atoms with Gasteiger partial charge in [-0.25, -0.2) is 4.79 Å². The van der Waals surface area contributed by atoms with E-state index < -0.39 is 0 Å². The molecule has 5 heteroatoms. The number of anilines is 1. The van der Waals surface area contributed by atoms with Crippen molar-refractivity contribution >= 4 is 11.7 Å². The highest BCUT2D eigenvalue weighted by atomic mass is 16.2. The highest BCUT2D eigenvalue weighted by Gasteiger charge is 2.34. The van der Waals surface area contributed by atoms with Gasteiger partial charge in [0.1, 0.15) is 0 Å². The highest BCUT2D eigenvalue weighted by Crippen LogP contribution is 2.34. The smallest absolute Gasteiger partial charge is 0.321 e. The number of aryl methyl sites for hydroxylation is 1. The Hall–Kier alpha value is -2.30. The molecule has 1 N–H and O–H groups in total. The summed E-state index contributed by atoms with van der Waals surface area (Å²) in [6.45, 7) is 7.97. The van der Waals surface area contributed by atoms with Crippen LogP contribution in [0.25, 0.3) is 0 Å². The van der Waals surface area contributed by atoms with Crippen LogP contribution in [-0.2, 0) is 12.5 Å². The Morgan fingerprint density at radius 3 is 2.68 bits per heavy atom. The van der Waals surface area contributed by atoms with Gasteiger partial charge >= 0.3 is 6.03 Å². The summed E-state index contributed by atoms with van der Waals surface area (Å²) in [4.78, 5) is 14.8. The fraction of sp³-hybridized carbons (Fsp3) is 0.500. The lowest BCUT2D eigenvalue weighted by Crippen LogP contribution is -2.48. The molecule has 0 bridgehead atoms. The first-order valence-electron chi connectivity index (χ1n) is 9.04. The van der Waals surface area contributed by atoms with Crippen LogP contribution in [0.3, 0.4) is 0 Å². The van der Waals surface area contributed by atoms with Gasteiger partial charge in [0.2, 0.25) is 0 Å². The highest BCUT2D eigenvalue weighted by molar-refractivity contribution is 5.90. The predicted molar refractivity (Wildman–Crippen MR) is 101 cm³/mol. The number of nitrogens with zero attached hydrogens (tertiary/aromatic N) is 3. The number of rotatable bonds is 3. The quantitative estimate of drug-likeness (QED) is 0.913. The topological polar surface area (TPSA) is 50.2 Å². The first-order chi connectivity index (χ1) is 11.9. The molecule has 134 valence electrons. The van der Waals surface area contributed by atoms with Crippen LogP contribution in [-0.4, -0.2) is 33.8 Å². The lowest BCUT2D eigenvalue weighted by atomic mass is 9.76. The molecule has 1 fully saturated rings. The van der Waals surface area contributed by atoms with Gasteiger partial charge in [0.25, 0.3) is 0 Å². The summed E-state index contributed by atoms with van der Waals surface area (Å²) < 4.78 is 1.76. The number of urea groups is 1. The van der Waals surface area contributed by atoms with Gasteiger partial charge in [-0.2, -0.15) is 5.10 Å². The van der Waals surface area contributed by atoms with Crippen molar-refractivity contribution < 1.29 is 4.79 Å². The summed E-state index contributed by atoms with van der Waals surface area (Å²) in [6, 6.07) is 10.5. The van der Waals surface area contributed by atoms with Crippen molar-refractivity contribution in [3.05, 3.63) is 47.8 Å². The number of piperidine rings is 1. The average Bonchev–Trinajstić information content (AvgIpc) is 2.96. The van der Waals surface area contributed by atoms with Crippen molar-refractivity contribution in [2.24, 2.45) is 7.05 Å². The number of carbonyl (C=O) groups is 1. The van der Waals surface area contributed by atoms with E-state index in [9.17, 15) is 4.79 Å². The van der Waals surface area contributed by atoms with E-state index in [1.54, 1.807) is 4.68 Å². The molecular weight excluding hydrogens is 312 g/mol. The van der Waals surface area contributed by atoms with E-state index in [1.165, 1.54) is 5.56 Å². The number of hydrogen-bond acceptors (Lipinski definition) is 2. The zero-order valence-corrected chi connectivity index (χ0v) is 15.6. The van der Waals surface area contributed by atoms with Gasteiger partial charge in [-0.3, -0.25) is 4.68 Å². The number of aromatic nitrogens is 2. The Kier molecular flexibility index (Phi) is 4.84. The largest absolute Gasteiger partial charge is 0.324 e. The fourth-order valence-corrected chi connectivity index (χ4v) is 3.71. The Balaban J connectivity index is 1.75. The van der Waals surface area contributed by atoms with E-state index in [1.807, 2.05) is 24.2 Å². The van der Waals surface area contributed by atoms with E-state index in [0.29, 0.717) is 0 Å². The summed E-state index contributed by atoms with van der Waals surface area (Å²) in [6.07, 6.45) is 4.00. The second-order valence-corrected chi connectivity index (χ2v) is 7.64. The number of amides is 2. The van der Waals surface area contributed by atoms with Gasteiger partial charge in [0.15, 0.2) is 0 Å². The molecule has 2 heterocycles. The van der Waals surface area contributed by atoms with E-state index >= 15 is 0 Å². The van der Waals surface area contributed by atoms with Crippen LogP contribution < -0.4 is 5.32 Å². The maximum absolute atomic E-state index is 12.8. The Morgan fingerprint density at radius 1 is 1.28 bits per heavy atom. The summed E-state index contributed by atoms with van der Waals surface area (Å²) in [7, 11) is 1.88. The summed E-state index contributed by atoms with van der Waals surface area (Å²) in [5.41, 5.74) is 3.05. The van der Waals surface area contributed by atoms with Crippen LogP contribution in [0, 0.1) is 0 Å². The molecule has 0 spiro atoms. The molecule has 5 nitrogen and oxygen atoms in total. The molecule has 0 radical (unpaired) electrons. The average molecular weight is 340 g/mol. The molecule has 1 aliphatic rings. The van der Waals surface area contributed by atoms with Gasteiger partial charge in [0, 0.05) is 31.7 Å². The van der Waals surface area contributed by atoms with Crippen LogP contribution in [0.15, 0.2) is 36.5 Å². The molecule has 2 amide bonds. The molecule has 0 unspecified atom stereocenters. The molecule has 1 aromatic heterocycles. The monoisotopic (exact) mass is 340 g/mol. The van der Waals surface area contributed by atoms with Crippen LogP contribution in [0.1, 0.15) is 50.8 Å². The normalized spacial score (nSPS) is 20.8. The molecule has 1 saturated heterocycles. The maximum Gasteiger partial charge on any atom is 0.321 e. The third kappa shape index (κ3) is 3.70. The van der Waals surface area contributed by atoms with E-state index in [-0.39, 0.29) is 17.4 Å². The Morgan fingerprint density at radius 2 is 2.00 bits per heavy atom. The van der Waals surface area contributed by atoms with Gasteiger partial charge in [-0.15, -0.1) is 0 Å². The lowest BCUT2D eigenvalue weighted by Gasteiger charge is -2.40. The molecular formula is C20H28N4O. The van der Waals surface area contributed by atoms with E-state index in [2.05, 4.69) is 55.5 Å². The summed E-state index contributed by atoms with van der Waals surface area (Å²) in [5, 5.41) is 7.54. The molecule has 3 rings (SSSR count). The van der Waals surface area contributed by atoms with E-state index in [4.69, 9.17) is 0 Å². The van der Waals surface area contributed by atoms with Crippen molar-refractivity contribution in [3.8, 4) is 0 Å². The first kappa shape index (κ1) is 17.5. The van der Waals surface area contributed by atoms with Crippen molar-refractivity contribution in [2.75, 3.05) is 18.4 Å². The number of nitrogens with one attached hydrogen (secondary N) is 1.